The largest absolute Gasteiger partial charge is 0.456 e. The predicted octanol–water partition coefficient (Wildman–Crippen LogP) is 12.6. The maximum atomic E-state index is 6.39. The Kier molecular flexibility index (Phi) is 6.15. The Morgan fingerprint density at radius 3 is 1.96 bits per heavy atom. The summed E-state index contributed by atoms with van der Waals surface area (Å²) in [5.41, 5.74) is 10.4. The van der Waals surface area contributed by atoms with Crippen LogP contribution in [0.5, 0.6) is 0 Å². The molecule has 0 radical (unpaired) electrons. The molecule has 0 saturated heterocycles. The van der Waals surface area contributed by atoms with E-state index in [0.29, 0.717) is 0 Å². The van der Waals surface area contributed by atoms with Gasteiger partial charge in [0.05, 0.1) is 16.7 Å². The van der Waals surface area contributed by atoms with Crippen molar-refractivity contribution in [3.05, 3.63) is 170 Å². The normalized spacial score (nSPS) is 11.7. The number of nitrogens with one attached hydrogen (secondary N) is 1. The third-order valence-corrected chi connectivity index (χ3v) is 9.61. The molecule has 0 unspecified atom stereocenters. The molecule has 2 aromatic heterocycles. The van der Waals surface area contributed by atoms with E-state index in [1.807, 2.05) is 30.3 Å². The minimum absolute atomic E-state index is 0.864. The number of rotatable bonds is 5. The Hall–Kier alpha value is -6.65. The second-order valence-electron chi connectivity index (χ2n) is 12.5. The van der Waals surface area contributed by atoms with Gasteiger partial charge < -0.3 is 14.3 Å². The SMILES string of the molecule is c1ccc(-c2ccc(N(c3ccc4c(c3)oc3ccccc34)c3cccc4c3ccc3ccc5nc(-c6ccccc6)[nH]c5c34)cc2)cc1. The van der Waals surface area contributed by atoms with Crippen LogP contribution in [0.3, 0.4) is 0 Å². The van der Waals surface area contributed by atoms with Crippen LogP contribution in [-0.2, 0) is 0 Å². The fourth-order valence-electron chi connectivity index (χ4n) is 7.28. The zero-order chi connectivity index (χ0) is 32.3. The van der Waals surface area contributed by atoms with Crippen molar-refractivity contribution < 1.29 is 4.42 Å². The predicted molar refractivity (Wildman–Crippen MR) is 204 cm³/mol. The maximum Gasteiger partial charge on any atom is 0.138 e. The Labute approximate surface area is 282 Å². The van der Waals surface area contributed by atoms with Crippen molar-refractivity contribution in [2.24, 2.45) is 0 Å². The van der Waals surface area contributed by atoms with Crippen LogP contribution in [0.25, 0.3) is 77.0 Å². The van der Waals surface area contributed by atoms with Crippen LogP contribution in [0.1, 0.15) is 0 Å². The van der Waals surface area contributed by atoms with Gasteiger partial charge in [0.25, 0.3) is 0 Å². The summed E-state index contributed by atoms with van der Waals surface area (Å²) in [6.45, 7) is 0. The lowest BCUT2D eigenvalue weighted by molar-refractivity contribution is 0.669. The molecule has 0 atom stereocenters. The van der Waals surface area contributed by atoms with Crippen molar-refractivity contribution in [2.75, 3.05) is 4.90 Å². The standard InChI is InChI=1S/C45H29N3O/c1-3-10-29(11-4-1)30-18-22-33(23-19-30)48(34-24-26-37-36-14-7-8-17-41(36)49-42(37)28-34)40-16-9-15-38-35(40)25-20-31-21-27-39-44(43(31)38)47-45(46-39)32-12-5-2-6-13-32/h1-28H,(H,46,47). The van der Waals surface area contributed by atoms with Crippen molar-refractivity contribution in [1.82, 2.24) is 9.97 Å². The molecule has 4 heteroatoms. The van der Waals surface area contributed by atoms with E-state index >= 15 is 0 Å². The van der Waals surface area contributed by atoms with Gasteiger partial charge in [-0.3, -0.25) is 0 Å². The summed E-state index contributed by atoms with van der Waals surface area (Å²) in [5, 5.41) is 6.88. The molecule has 10 rings (SSSR count). The third-order valence-electron chi connectivity index (χ3n) is 9.61. The average molecular weight is 628 g/mol. The number of para-hydroxylation sites is 1. The molecule has 4 nitrogen and oxygen atoms in total. The van der Waals surface area contributed by atoms with E-state index in [2.05, 4.69) is 149 Å². The first-order chi connectivity index (χ1) is 24.3. The van der Waals surface area contributed by atoms with Crippen LogP contribution in [0.4, 0.5) is 17.1 Å². The van der Waals surface area contributed by atoms with E-state index in [-0.39, 0.29) is 0 Å². The number of aromatic amines is 1. The molecule has 0 bridgehead atoms. The molecule has 0 aliphatic carbocycles. The number of nitrogens with zero attached hydrogens (tertiary/aromatic N) is 2. The maximum absolute atomic E-state index is 6.39. The summed E-state index contributed by atoms with van der Waals surface area (Å²) < 4.78 is 6.39. The molecule has 2 heterocycles. The number of furan rings is 1. The van der Waals surface area contributed by atoms with Crippen LogP contribution in [0, 0.1) is 0 Å². The second kappa shape index (κ2) is 11.0. The molecular formula is C45H29N3O. The highest BCUT2D eigenvalue weighted by Crippen LogP contribution is 2.44. The topological polar surface area (TPSA) is 45.1 Å². The van der Waals surface area contributed by atoms with Gasteiger partial charge in [0.1, 0.15) is 17.0 Å². The van der Waals surface area contributed by atoms with E-state index < -0.39 is 0 Å². The first-order valence-electron chi connectivity index (χ1n) is 16.5. The molecule has 0 saturated carbocycles. The molecular weight excluding hydrogens is 599 g/mol. The highest BCUT2D eigenvalue weighted by atomic mass is 16.3. The summed E-state index contributed by atoms with van der Waals surface area (Å²) in [4.78, 5) is 11.0. The smallest absolute Gasteiger partial charge is 0.138 e. The number of anilines is 3. The van der Waals surface area contributed by atoms with Gasteiger partial charge in [-0.15, -0.1) is 0 Å². The Morgan fingerprint density at radius 2 is 1.12 bits per heavy atom. The van der Waals surface area contributed by atoms with Gasteiger partial charge in [0, 0.05) is 44.5 Å². The van der Waals surface area contributed by atoms with Gasteiger partial charge in [-0.25, -0.2) is 4.98 Å². The lowest BCUT2D eigenvalue weighted by Crippen LogP contribution is -2.10. The number of fused-ring (bicyclic) bond motifs is 8. The van der Waals surface area contributed by atoms with Gasteiger partial charge in [0.2, 0.25) is 0 Å². The van der Waals surface area contributed by atoms with Gasteiger partial charge >= 0.3 is 0 Å². The highest BCUT2D eigenvalue weighted by Gasteiger charge is 2.19. The Balaban J connectivity index is 1.20. The molecule has 0 fully saturated rings. The van der Waals surface area contributed by atoms with Crippen molar-refractivity contribution in [1.29, 1.82) is 0 Å². The molecule has 49 heavy (non-hydrogen) atoms. The van der Waals surface area contributed by atoms with Crippen LogP contribution in [-0.4, -0.2) is 9.97 Å². The zero-order valence-corrected chi connectivity index (χ0v) is 26.5. The fraction of sp³-hybridized carbons (Fsp3) is 0. The zero-order valence-electron chi connectivity index (χ0n) is 26.5. The number of imidazole rings is 1. The molecule has 0 amide bonds. The van der Waals surface area contributed by atoms with Gasteiger partial charge in [0.15, 0.2) is 0 Å². The number of hydrogen-bond acceptors (Lipinski definition) is 3. The van der Waals surface area contributed by atoms with Gasteiger partial charge in [-0.2, -0.15) is 0 Å². The van der Waals surface area contributed by atoms with E-state index in [1.165, 1.54) is 27.3 Å². The van der Waals surface area contributed by atoms with Crippen molar-refractivity contribution in [2.45, 2.75) is 0 Å². The molecule has 8 aromatic carbocycles. The lowest BCUT2D eigenvalue weighted by atomic mass is 9.98. The van der Waals surface area contributed by atoms with Gasteiger partial charge in [-0.1, -0.05) is 121 Å². The first-order valence-corrected chi connectivity index (χ1v) is 16.5. The summed E-state index contributed by atoms with van der Waals surface area (Å²) in [7, 11) is 0. The van der Waals surface area contributed by atoms with Gasteiger partial charge in [-0.05, 0) is 64.4 Å². The lowest BCUT2D eigenvalue weighted by Gasteiger charge is -2.27. The summed E-state index contributed by atoms with van der Waals surface area (Å²) >= 11 is 0. The second-order valence-corrected chi connectivity index (χ2v) is 12.5. The first kappa shape index (κ1) is 27.5. The van der Waals surface area contributed by atoms with Crippen molar-refractivity contribution in [3.8, 4) is 22.5 Å². The minimum Gasteiger partial charge on any atom is -0.456 e. The van der Waals surface area contributed by atoms with E-state index in [0.717, 1.165) is 66.8 Å². The fourth-order valence-corrected chi connectivity index (χ4v) is 7.28. The van der Waals surface area contributed by atoms with Crippen LogP contribution in [0.2, 0.25) is 0 Å². The Morgan fingerprint density at radius 1 is 0.469 bits per heavy atom. The molecule has 0 aliphatic heterocycles. The average Bonchev–Trinajstić information content (AvgIpc) is 3.78. The number of aromatic nitrogens is 2. The molecule has 230 valence electrons. The number of hydrogen-bond donors (Lipinski definition) is 1. The quantitative estimate of drug-likeness (QED) is 0.193. The highest BCUT2D eigenvalue weighted by molar-refractivity contribution is 6.21. The number of benzene rings is 8. The van der Waals surface area contributed by atoms with Crippen molar-refractivity contribution in [3.63, 3.8) is 0 Å². The van der Waals surface area contributed by atoms with E-state index in [1.54, 1.807) is 0 Å². The molecule has 0 aliphatic rings. The van der Waals surface area contributed by atoms with Crippen LogP contribution < -0.4 is 4.90 Å². The molecule has 10 aromatic rings. The van der Waals surface area contributed by atoms with E-state index in [4.69, 9.17) is 9.40 Å². The number of H-pyrrole nitrogens is 1. The molecule has 1 N–H and O–H groups in total. The summed E-state index contributed by atoms with van der Waals surface area (Å²) in [6, 6.07) is 59.8. The van der Waals surface area contributed by atoms with E-state index in [9.17, 15) is 0 Å². The minimum atomic E-state index is 0.864. The van der Waals surface area contributed by atoms with Crippen LogP contribution in [0.15, 0.2) is 174 Å². The molecule has 0 spiro atoms. The van der Waals surface area contributed by atoms with Crippen LogP contribution >= 0.6 is 0 Å². The Bertz CT molecular complexity index is 2820. The third kappa shape index (κ3) is 4.49. The monoisotopic (exact) mass is 627 g/mol. The summed E-state index contributed by atoms with van der Waals surface area (Å²) in [5.74, 6) is 0.871. The summed E-state index contributed by atoms with van der Waals surface area (Å²) in [6.07, 6.45) is 0. The van der Waals surface area contributed by atoms with Crippen molar-refractivity contribution >= 4 is 71.6 Å².